The van der Waals surface area contributed by atoms with E-state index in [-0.39, 0.29) is 0 Å². The number of likely N-dealkylation sites (N-methyl/N-ethyl adjacent to an activating group) is 1. The van der Waals surface area contributed by atoms with Crippen molar-refractivity contribution in [1.29, 1.82) is 5.26 Å². The van der Waals surface area contributed by atoms with Gasteiger partial charge in [0.25, 0.3) is 0 Å². The fourth-order valence-electron chi connectivity index (χ4n) is 2.04. The van der Waals surface area contributed by atoms with Gasteiger partial charge in [-0.2, -0.15) is 5.26 Å². The molecule has 4 heteroatoms. The molecule has 1 heterocycles. The van der Waals surface area contributed by atoms with E-state index in [0.29, 0.717) is 0 Å². The van der Waals surface area contributed by atoms with Crippen LogP contribution in [0.25, 0.3) is 0 Å². The average molecular weight is 280 g/mol. The minimum absolute atomic E-state index is 0.446. The Balaban J connectivity index is 2.21. The highest BCUT2D eigenvalue weighted by molar-refractivity contribution is 9.10. The van der Waals surface area contributed by atoms with E-state index in [9.17, 15) is 5.26 Å². The minimum atomic E-state index is -0.446. The average Bonchev–Trinajstić information content (AvgIpc) is 2.65. The fraction of sp³-hybridized carbons (Fsp3) is 0.417. The van der Waals surface area contributed by atoms with Crippen LogP contribution in [0.5, 0.6) is 0 Å². The number of rotatable bonds is 2. The summed E-state index contributed by atoms with van der Waals surface area (Å²) in [5.41, 5.74) is 0.540. The summed E-state index contributed by atoms with van der Waals surface area (Å²) < 4.78 is 0.999. The second kappa shape index (κ2) is 4.44. The molecule has 1 aliphatic heterocycles. The number of halogens is 1. The number of likely N-dealkylation sites (tertiary alicyclic amines) is 1. The molecule has 84 valence electrons. The third kappa shape index (κ3) is 2.21. The molecule has 0 amide bonds. The van der Waals surface area contributed by atoms with E-state index in [1.54, 1.807) is 0 Å². The molecule has 1 atom stereocenters. The molecule has 1 aromatic rings. The van der Waals surface area contributed by atoms with Crippen LogP contribution >= 0.6 is 15.9 Å². The van der Waals surface area contributed by atoms with Gasteiger partial charge >= 0.3 is 0 Å². The summed E-state index contributed by atoms with van der Waals surface area (Å²) in [6, 6.07) is 10.3. The maximum Gasteiger partial charge on any atom is 0.139 e. The highest BCUT2D eigenvalue weighted by atomic mass is 79.9. The van der Waals surface area contributed by atoms with E-state index in [4.69, 9.17) is 0 Å². The minimum Gasteiger partial charge on any atom is -0.365 e. The standard InChI is InChI=1S/C12H14BrN3/c1-16-7-6-12(8-14,9-16)15-11-5-3-2-4-10(11)13/h2-5,15H,6-7,9H2,1H3. The van der Waals surface area contributed by atoms with Crippen LogP contribution < -0.4 is 5.32 Å². The quantitative estimate of drug-likeness (QED) is 0.904. The van der Waals surface area contributed by atoms with Gasteiger partial charge in [-0.1, -0.05) is 12.1 Å². The van der Waals surface area contributed by atoms with Gasteiger partial charge < -0.3 is 10.2 Å². The molecule has 0 spiro atoms. The first-order chi connectivity index (χ1) is 7.65. The zero-order valence-electron chi connectivity index (χ0n) is 9.20. The lowest BCUT2D eigenvalue weighted by Gasteiger charge is -2.24. The number of hydrogen-bond donors (Lipinski definition) is 1. The predicted octanol–water partition coefficient (Wildman–Crippen LogP) is 2.46. The van der Waals surface area contributed by atoms with Gasteiger partial charge in [-0.15, -0.1) is 0 Å². The molecule has 0 aliphatic carbocycles. The Bertz CT molecular complexity index is 427. The van der Waals surface area contributed by atoms with Gasteiger partial charge in [0, 0.05) is 23.2 Å². The molecule has 1 saturated heterocycles. The first-order valence-electron chi connectivity index (χ1n) is 5.28. The van der Waals surface area contributed by atoms with Crippen LogP contribution in [0.4, 0.5) is 5.69 Å². The SMILES string of the molecule is CN1CCC(C#N)(Nc2ccccc2Br)C1. The number of para-hydroxylation sites is 1. The highest BCUT2D eigenvalue weighted by Crippen LogP contribution is 2.29. The Labute approximate surface area is 104 Å². The predicted molar refractivity (Wildman–Crippen MR) is 68.2 cm³/mol. The molecular formula is C12H14BrN3. The van der Waals surface area contributed by atoms with Gasteiger partial charge in [-0.05, 0) is 41.5 Å². The monoisotopic (exact) mass is 279 g/mol. The molecule has 1 fully saturated rings. The molecule has 0 radical (unpaired) electrons. The maximum atomic E-state index is 9.33. The van der Waals surface area contributed by atoms with Gasteiger partial charge in [0.15, 0.2) is 0 Å². The van der Waals surface area contributed by atoms with E-state index in [1.807, 2.05) is 31.3 Å². The van der Waals surface area contributed by atoms with Crippen molar-refractivity contribution in [3.8, 4) is 6.07 Å². The summed E-state index contributed by atoms with van der Waals surface area (Å²) in [5, 5.41) is 12.7. The van der Waals surface area contributed by atoms with Gasteiger partial charge in [-0.25, -0.2) is 0 Å². The van der Waals surface area contributed by atoms with Crippen LogP contribution in [-0.4, -0.2) is 30.6 Å². The molecule has 1 aliphatic rings. The summed E-state index contributed by atoms with van der Waals surface area (Å²) in [5.74, 6) is 0. The summed E-state index contributed by atoms with van der Waals surface area (Å²) in [7, 11) is 2.04. The van der Waals surface area contributed by atoms with Gasteiger partial charge in [0.2, 0.25) is 0 Å². The summed E-state index contributed by atoms with van der Waals surface area (Å²) >= 11 is 3.49. The van der Waals surface area contributed by atoms with Crippen LogP contribution in [0.3, 0.4) is 0 Å². The van der Waals surface area contributed by atoms with Crippen molar-refractivity contribution in [2.24, 2.45) is 0 Å². The van der Waals surface area contributed by atoms with Crippen molar-refractivity contribution < 1.29 is 0 Å². The number of nitriles is 1. The lowest BCUT2D eigenvalue weighted by molar-refractivity contribution is 0.403. The molecule has 3 nitrogen and oxygen atoms in total. The zero-order chi connectivity index (χ0) is 11.6. The molecule has 2 rings (SSSR count). The number of nitrogens with one attached hydrogen (secondary N) is 1. The summed E-state index contributed by atoms with van der Waals surface area (Å²) in [6.07, 6.45) is 0.862. The van der Waals surface area contributed by atoms with E-state index in [1.165, 1.54) is 0 Å². The van der Waals surface area contributed by atoms with Crippen LogP contribution in [0.15, 0.2) is 28.7 Å². The second-order valence-electron chi connectivity index (χ2n) is 4.29. The number of benzene rings is 1. The Hall–Kier alpha value is -1.05. The van der Waals surface area contributed by atoms with Gasteiger partial charge in [0.05, 0.1) is 6.07 Å². The Kier molecular flexibility index (Phi) is 3.17. The number of hydrogen-bond acceptors (Lipinski definition) is 3. The molecule has 1 unspecified atom stereocenters. The molecule has 0 bridgehead atoms. The van der Waals surface area contributed by atoms with E-state index in [2.05, 4.69) is 32.2 Å². The highest BCUT2D eigenvalue weighted by Gasteiger charge is 2.37. The van der Waals surface area contributed by atoms with Gasteiger partial charge in [-0.3, -0.25) is 0 Å². The van der Waals surface area contributed by atoms with Crippen molar-refractivity contribution in [3.05, 3.63) is 28.7 Å². The van der Waals surface area contributed by atoms with Crippen LogP contribution in [0.2, 0.25) is 0 Å². The number of nitrogens with zero attached hydrogens (tertiary/aromatic N) is 2. The summed E-state index contributed by atoms with van der Waals surface area (Å²) in [6.45, 7) is 1.73. The summed E-state index contributed by atoms with van der Waals surface area (Å²) in [4.78, 5) is 2.17. The lowest BCUT2D eigenvalue weighted by atomic mass is 10.0. The van der Waals surface area contributed by atoms with E-state index < -0.39 is 5.54 Å². The third-order valence-electron chi connectivity index (χ3n) is 2.92. The lowest BCUT2D eigenvalue weighted by Crippen LogP contribution is -2.39. The number of anilines is 1. The van der Waals surface area contributed by atoms with Crippen LogP contribution in [0.1, 0.15) is 6.42 Å². The molecule has 0 aromatic heterocycles. The van der Waals surface area contributed by atoms with Crippen molar-refractivity contribution >= 4 is 21.6 Å². The topological polar surface area (TPSA) is 39.1 Å². The van der Waals surface area contributed by atoms with E-state index in [0.717, 1.165) is 29.7 Å². The third-order valence-corrected chi connectivity index (χ3v) is 3.61. The maximum absolute atomic E-state index is 9.33. The first-order valence-corrected chi connectivity index (χ1v) is 6.07. The Morgan fingerprint density at radius 3 is 2.81 bits per heavy atom. The molecule has 16 heavy (non-hydrogen) atoms. The Morgan fingerprint density at radius 1 is 1.50 bits per heavy atom. The van der Waals surface area contributed by atoms with Gasteiger partial charge in [0.1, 0.15) is 5.54 Å². The van der Waals surface area contributed by atoms with Crippen molar-refractivity contribution in [3.63, 3.8) is 0 Å². The Morgan fingerprint density at radius 2 is 2.25 bits per heavy atom. The fourth-order valence-corrected chi connectivity index (χ4v) is 2.43. The molecule has 0 saturated carbocycles. The molecule has 1 N–H and O–H groups in total. The molecular weight excluding hydrogens is 266 g/mol. The van der Waals surface area contributed by atoms with Crippen LogP contribution in [-0.2, 0) is 0 Å². The zero-order valence-corrected chi connectivity index (χ0v) is 10.8. The van der Waals surface area contributed by atoms with Crippen molar-refractivity contribution in [2.75, 3.05) is 25.5 Å². The van der Waals surface area contributed by atoms with Crippen LogP contribution in [0, 0.1) is 11.3 Å². The normalized spacial score (nSPS) is 25.3. The van der Waals surface area contributed by atoms with Crippen molar-refractivity contribution in [2.45, 2.75) is 12.0 Å². The molecule has 1 aromatic carbocycles. The smallest absolute Gasteiger partial charge is 0.139 e. The van der Waals surface area contributed by atoms with Crippen molar-refractivity contribution in [1.82, 2.24) is 4.90 Å². The van der Waals surface area contributed by atoms with E-state index >= 15 is 0 Å². The first kappa shape index (κ1) is 11.4. The largest absolute Gasteiger partial charge is 0.365 e. The second-order valence-corrected chi connectivity index (χ2v) is 5.14.